The van der Waals surface area contributed by atoms with E-state index < -0.39 is 0 Å². The minimum atomic E-state index is -0.336. The van der Waals surface area contributed by atoms with E-state index in [1.54, 1.807) is 13.1 Å². The van der Waals surface area contributed by atoms with E-state index in [1.807, 2.05) is 36.1 Å². The smallest absolute Gasteiger partial charge is 0.166 e. The van der Waals surface area contributed by atoms with Crippen LogP contribution in [0.3, 0.4) is 0 Å². The molecule has 2 heterocycles. The second-order valence-electron chi connectivity index (χ2n) is 6.48. The molecule has 6 heteroatoms. The zero-order valence-electron chi connectivity index (χ0n) is 14.2. The Labute approximate surface area is 155 Å². The molecule has 132 valence electrons. The summed E-state index contributed by atoms with van der Waals surface area (Å²) in [6.45, 7) is 4.86. The highest BCUT2D eigenvalue weighted by molar-refractivity contribution is 9.10. The van der Waals surface area contributed by atoms with Crippen LogP contribution in [0.4, 0.5) is 10.2 Å². The minimum absolute atomic E-state index is 0.0188. The van der Waals surface area contributed by atoms with Crippen LogP contribution in [0, 0.1) is 5.82 Å². The lowest BCUT2D eigenvalue weighted by Crippen LogP contribution is -2.54. The van der Waals surface area contributed by atoms with Crippen molar-refractivity contribution in [1.82, 2.24) is 4.98 Å². The van der Waals surface area contributed by atoms with Gasteiger partial charge in [0.15, 0.2) is 11.6 Å². The molecule has 0 saturated carbocycles. The molecule has 1 saturated heterocycles. The van der Waals surface area contributed by atoms with Gasteiger partial charge in [0.1, 0.15) is 17.6 Å². The Morgan fingerprint density at radius 2 is 2.08 bits per heavy atom. The van der Waals surface area contributed by atoms with Gasteiger partial charge in [0.25, 0.3) is 0 Å². The van der Waals surface area contributed by atoms with Gasteiger partial charge >= 0.3 is 0 Å². The lowest BCUT2D eigenvalue weighted by atomic mass is 9.96. The van der Waals surface area contributed by atoms with Gasteiger partial charge < -0.3 is 14.4 Å². The molecule has 4 nitrogen and oxygen atoms in total. The molecule has 0 amide bonds. The second-order valence-corrected chi connectivity index (χ2v) is 7.40. The van der Waals surface area contributed by atoms with Crippen LogP contribution in [-0.4, -0.2) is 30.0 Å². The summed E-state index contributed by atoms with van der Waals surface area (Å²) >= 11 is 3.21. The number of ketones is 1. The van der Waals surface area contributed by atoms with Crippen LogP contribution >= 0.6 is 15.9 Å². The zero-order valence-corrected chi connectivity index (χ0v) is 15.8. The SMILES string of the molecule is CC(=O)C[C@@H](C)c1ccc(OC2CN(c3ncc(Br)cc3F)C2)cc1. The van der Waals surface area contributed by atoms with Crippen molar-refractivity contribution in [3.8, 4) is 5.75 Å². The topological polar surface area (TPSA) is 42.4 Å². The average molecular weight is 407 g/mol. The molecule has 3 rings (SSSR count). The highest BCUT2D eigenvalue weighted by Crippen LogP contribution is 2.27. The number of benzene rings is 1. The van der Waals surface area contributed by atoms with E-state index in [0.29, 0.717) is 29.8 Å². The first-order valence-corrected chi connectivity index (χ1v) is 9.03. The Balaban J connectivity index is 1.54. The quantitative estimate of drug-likeness (QED) is 0.715. The molecule has 1 aromatic heterocycles. The van der Waals surface area contributed by atoms with Crippen molar-refractivity contribution in [2.75, 3.05) is 18.0 Å². The van der Waals surface area contributed by atoms with Gasteiger partial charge in [0, 0.05) is 17.1 Å². The second kappa shape index (κ2) is 7.52. The summed E-state index contributed by atoms with van der Waals surface area (Å²) in [6.07, 6.45) is 2.15. The van der Waals surface area contributed by atoms with Crippen LogP contribution in [0.1, 0.15) is 31.7 Å². The number of carbonyl (C=O) groups excluding carboxylic acids is 1. The fraction of sp³-hybridized carbons (Fsp3) is 0.368. The van der Waals surface area contributed by atoms with Gasteiger partial charge in [-0.15, -0.1) is 0 Å². The van der Waals surface area contributed by atoms with Crippen molar-refractivity contribution in [3.63, 3.8) is 0 Å². The van der Waals surface area contributed by atoms with Crippen LogP contribution in [0.2, 0.25) is 0 Å². The number of Topliss-reactive ketones (excluding diaryl/α,β-unsaturated/α-hetero) is 1. The Morgan fingerprint density at radius 1 is 1.40 bits per heavy atom. The van der Waals surface area contributed by atoms with Gasteiger partial charge in [0.2, 0.25) is 0 Å². The molecule has 1 aliphatic heterocycles. The maximum atomic E-state index is 13.9. The summed E-state index contributed by atoms with van der Waals surface area (Å²) in [5.41, 5.74) is 1.12. The van der Waals surface area contributed by atoms with Crippen molar-refractivity contribution in [3.05, 3.63) is 52.4 Å². The zero-order chi connectivity index (χ0) is 18.0. The fourth-order valence-electron chi connectivity index (χ4n) is 2.94. The number of pyridine rings is 1. The van der Waals surface area contributed by atoms with Gasteiger partial charge in [-0.1, -0.05) is 19.1 Å². The Hall–Kier alpha value is -1.95. The normalized spacial score (nSPS) is 15.6. The third-order valence-electron chi connectivity index (χ3n) is 4.28. The molecule has 0 bridgehead atoms. The number of rotatable bonds is 6. The maximum absolute atomic E-state index is 13.9. The van der Waals surface area contributed by atoms with E-state index in [0.717, 1.165) is 11.3 Å². The summed E-state index contributed by atoms with van der Waals surface area (Å²) in [4.78, 5) is 17.2. The number of aromatic nitrogens is 1. The third kappa shape index (κ3) is 4.37. The van der Waals surface area contributed by atoms with Crippen molar-refractivity contribution in [2.45, 2.75) is 32.3 Å². The van der Waals surface area contributed by atoms with Crippen LogP contribution < -0.4 is 9.64 Å². The standard InChI is InChI=1S/C19H20BrFN2O2/c1-12(7-13(2)24)14-3-5-16(6-4-14)25-17-10-23(11-17)19-18(21)8-15(20)9-22-19/h3-6,8-9,12,17H,7,10-11H2,1-2H3/t12-/m1/s1. The number of carbonyl (C=O) groups is 1. The largest absolute Gasteiger partial charge is 0.487 e. The summed E-state index contributed by atoms with van der Waals surface area (Å²) in [5, 5.41) is 0. The number of halogens is 2. The molecule has 0 spiro atoms. The minimum Gasteiger partial charge on any atom is -0.487 e. The van der Waals surface area contributed by atoms with E-state index in [9.17, 15) is 9.18 Å². The predicted molar refractivity (Wildman–Crippen MR) is 98.7 cm³/mol. The van der Waals surface area contributed by atoms with Crippen LogP contribution in [0.15, 0.2) is 41.0 Å². The molecule has 1 aliphatic rings. The Morgan fingerprint density at radius 3 is 2.68 bits per heavy atom. The number of nitrogens with zero attached hydrogens (tertiary/aromatic N) is 2. The molecule has 0 aliphatic carbocycles. The van der Waals surface area contributed by atoms with Crippen molar-refractivity contribution in [2.24, 2.45) is 0 Å². The van der Waals surface area contributed by atoms with Crippen molar-refractivity contribution >= 4 is 27.5 Å². The van der Waals surface area contributed by atoms with Crippen LogP contribution in [-0.2, 0) is 4.79 Å². The highest BCUT2D eigenvalue weighted by Gasteiger charge is 2.31. The molecule has 25 heavy (non-hydrogen) atoms. The molecule has 2 aromatic rings. The highest BCUT2D eigenvalue weighted by atomic mass is 79.9. The van der Waals surface area contributed by atoms with Gasteiger partial charge in [0.05, 0.1) is 13.1 Å². The first-order valence-electron chi connectivity index (χ1n) is 8.24. The first-order chi connectivity index (χ1) is 11.9. The summed E-state index contributed by atoms with van der Waals surface area (Å²) in [5.74, 6) is 1.20. The Kier molecular flexibility index (Phi) is 5.37. The van der Waals surface area contributed by atoms with Gasteiger partial charge in [-0.2, -0.15) is 0 Å². The van der Waals surface area contributed by atoms with E-state index in [2.05, 4.69) is 20.9 Å². The molecular formula is C19H20BrFN2O2. The van der Waals surface area contributed by atoms with Crippen molar-refractivity contribution < 1.29 is 13.9 Å². The van der Waals surface area contributed by atoms with Crippen molar-refractivity contribution in [1.29, 1.82) is 0 Å². The van der Waals surface area contributed by atoms with E-state index >= 15 is 0 Å². The summed E-state index contributed by atoms with van der Waals surface area (Å²) in [7, 11) is 0. The molecule has 1 aromatic carbocycles. The molecule has 0 unspecified atom stereocenters. The number of hydrogen-bond acceptors (Lipinski definition) is 4. The number of hydrogen-bond donors (Lipinski definition) is 0. The maximum Gasteiger partial charge on any atom is 0.166 e. The summed E-state index contributed by atoms with van der Waals surface area (Å²) < 4.78 is 20.4. The molecule has 0 N–H and O–H groups in total. The van der Waals surface area contributed by atoms with Crippen LogP contribution in [0.25, 0.3) is 0 Å². The van der Waals surface area contributed by atoms with E-state index in [-0.39, 0.29) is 23.6 Å². The number of ether oxygens (including phenoxy) is 1. The van der Waals surface area contributed by atoms with Gasteiger partial charge in [-0.05, 0) is 52.5 Å². The lowest BCUT2D eigenvalue weighted by Gasteiger charge is -2.39. The third-order valence-corrected chi connectivity index (χ3v) is 4.72. The monoisotopic (exact) mass is 406 g/mol. The molecule has 0 radical (unpaired) electrons. The molecule has 1 atom stereocenters. The first kappa shape index (κ1) is 17.9. The van der Waals surface area contributed by atoms with Crippen LogP contribution in [0.5, 0.6) is 5.75 Å². The van der Waals surface area contributed by atoms with Gasteiger partial charge in [-0.25, -0.2) is 9.37 Å². The average Bonchev–Trinajstić information content (AvgIpc) is 2.51. The predicted octanol–water partition coefficient (Wildman–Crippen LogP) is 4.33. The van der Waals surface area contributed by atoms with E-state index in [4.69, 9.17) is 4.74 Å². The number of anilines is 1. The fourth-order valence-corrected chi connectivity index (χ4v) is 3.25. The van der Waals surface area contributed by atoms with E-state index in [1.165, 1.54) is 6.07 Å². The molecular weight excluding hydrogens is 387 g/mol. The summed E-state index contributed by atoms with van der Waals surface area (Å²) in [6, 6.07) is 9.25. The van der Waals surface area contributed by atoms with Gasteiger partial charge in [-0.3, -0.25) is 0 Å². The molecule has 1 fully saturated rings. The Bertz CT molecular complexity index is 761. The lowest BCUT2D eigenvalue weighted by molar-refractivity contribution is -0.117.